The highest BCUT2D eigenvalue weighted by molar-refractivity contribution is 5.72. The number of halogens is 1. The van der Waals surface area contributed by atoms with Crippen LogP contribution in [0.5, 0.6) is 11.5 Å². The van der Waals surface area contributed by atoms with Gasteiger partial charge in [-0.3, -0.25) is 9.80 Å². The maximum atomic E-state index is 14.3. The van der Waals surface area contributed by atoms with E-state index in [1.54, 1.807) is 0 Å². The summed E-state index contributed by atoms with van der Waals surface area (Å²) in [5, 5.41) is 0. The second-order valence-corrected chi connectivity index (χ2v) is 10.9. The second-order valence-electron chi connectivity index (χ2n) is 10.9. The van der Waals surface area contributed by atoms with Gasteiger partial charge >= 0.3 is 6.04 Å². The lowest BCUT2D eigenvalue weighted by Gasteiger charge is -2.37. The molecule has 188 valence electrons. The van der Waals surface area contributed by atoms with Crippen molar-refractivity contribution in [3.63, 3.8) is 0 Å². The number of alkyl halides is 1. The van der Waals surface area contributed by atoms with E-state index in [0.29, 0.717) is 17.4 Å². The Morgan fingerprint density at radius 1 is 0.971 bits per heavy atom. The number of ether oxygens (including phenoxy) is 3. The van der Waals surface area contributed by atoms with Crippen LogP contribution in [-0.2, 0) is 4.74 Å². The van der Waals surface area contributed by atoms with Crippen molar-refractivity contribution in [2.75, 3.05) is 72.1 Å². The Hall–Kier alpha value is -2.13. The van der Waals surface area contributed by atoms with Crippen LogP contribution in [0.1, 0.15) is 26.2 Å². The van der Waals surface area contributed by atoms with Crippen molar-refractivity contribution in [2.45, 2.75) is 32.2 Å². The molecule has 5 aliphatic heterocycles. The molecule has 0 bridgehead atoms. The van der Waals surface area contributed by atoms with Crippen molar-refractivity contribution in [2.24, 2.45) is 5.92 Å². The third-order valence-electron chi connectivity index (χ3n) is 8.79. The Kier molecular flexibility index (Phi) is 5.18. The van der Waals surface area contributed by atoms with Gasteiger partial charge in [0.25, 0.3) is 0 Å². The Bertz CT molecular complexity index is 1070. The highest BCUT2D eigenvalue weighted by atomic mass is 19.2. The number of rotatable bonds is 6. The second kappa shape index (κ2) is 8.20. The smallest absolute Gasteiger partial charge is 0.404 e. The van der Waals surface area contributed by atoms with Crippen molar-refractivity contribution in [1.82, 2.24) is 19.2 Å². The maximum Gasteiger partial charge on any atom is 0.404 e. The van der Waals surface area contributed by atoms with Gasteiger partial charge in [0.1, 0.15) is 17.1 Å². The fourth-order valence-corrected chi connectivity index (χ4v) is 6.48. The summed E-state index contributed by atoms with van der Waals surface area (Å²) in [4.78, 5) is 7.75. The standard InChI is InChI=1S/C27H36FN4O3/c1-27(28)34-25-6-5-21(17-26(25)35-27)32-19-24(32)22(18-23(32)20-3-2-4-20)31-11-9-29(10-12-31)7-8-30-13-15-33-16-14-30/h5-6,17-18,20H,2-4,7-16,19H2,1H3/q+1. The summed E-state index contributed by atoms with van der Waals surface area (Å²) in [6.45, 7) is 12.9. The predicted molar refractivity (Wildman–Crippen MR) is 132 cm³/mol. The van der Waals surface area contributed by atoms with Gasteiger partial charge in [-0.1, -0.05) is 6.42 Å². The highest BCUT2D eigenvalue weighted by Gasteiger charge is 2.64. The Morgan fingerprint density at radius 3 is 2.40 bits per heavy atom. The summed E-state index contributed by atoms with van der Waals surface area (Å²) in [6.07, 6.45) is 6.36. The minimum Gasteiger partial charge on any atom is -0.423 e. The molecule has 8 heteroatoms. The normalized spacial score (nSPS) is 33.1. The summed E-state index contributed by atoms with van der Waals surface area (Å²) in [7, 11) is 0. The lowest BCUT2D eigenvalue weighted by Crippen LogP contribution is -2.48. The first-order valence-corrected chi connectivity index (χ1v) is 13.3. The van der Waals surface area contributed by atoms with E-state index in [0.717, 1.165) is 76.6 Å². The molecule has 1 aromatic rings. The fourth-order valence-electron chi connectivity index (χ4n) is 6.48. The molecule has 5 heterocycles. The average molecular weight is 484 g/mol. The van der Waals surface area contributed by atoms with Crippen LogP contribution in [0.25, 0.3) is 0 Å². The molecular formula is C27H36FN4O3+. The van der Waals surface area contributed by atoms with Crippen LogP contribution in [0.2, 0.25) is 0 Å². The van der Waals surface area contributed by atoms with Crippen LogP contribution in [0.4, 0.5) is 10.1 Å². The lowest BCUT2D eigenvalue weighted by atomic mass is 9.82. The van der Waals surface area contributed by atoms with Gasteiger partial charge in [-0.25, -0.2) is 4.48 Å². The van der Waals surface area contributed by atoms with Gasteiger partial charge in [0, 0.05) is 83.4 Å². The predicted octanol–water partition coefficient (Wildman–Crippen LogP) is 3.28. The minimum absolute atomic E-state index is 0.492. The quantitative estimate of drug-likeness (QED) is 0.457. The van der Waals surface area contributed by atoms with Gasteiger partial charge in [-0.15, -0.1) is 0 Å². The largest absolute Gasteiger partial charge is 0.423 e. The van der Waals surface area contributed by atoms with Gasteiger partial charge in [0.15, 0.2) is 23.7 Å². The Balaban J connectivity index is 1.07. The third kappa shape index (κ3) is 3.77. The van der Waals surface area contributed by atoms with E-state index < -0.39 is 6.04 Å². The summed E-state index contributed by atoms with van der Waals surface area (Å²) in [5.41, 5.74) is 5.64. The number of quaternary nitrogens is 1. The fraction of sp³-hybridized carbons (Fsp3) is 0.630. The highest BCUT2D eigenvalue weighted by Crippen LogP contribution is 2.59. The molecule has 1 aromatic carbocycles. The van der Waals surface area contributed by atoms with Crippen molar-refractivity contribution < 1.29 is 18.6 Å². The molecule has 0 spiro atoms. The van der Waals surface area contributed by atoms with E-state index in [1.165, 1.54) is 49.0 Å². The monoisotopic (exact) mass is 483 g/mol. The topological polar surface area (TPSA) is 37.4 Å². The molecule has 0 N–H and O–H groups in total. The van der Waals surface area contributed by atoms with E-state index in [9.17, 15) is 4.39 Å². The van der Waals surface area contributed by atoms with E-state index in [-0.39, 0.29) is 0 Å². The number of morpholine rings is 1. The van der Waals surface area contributed by atoms with E-state index in [2.05, 4.69) is 26.8 Å². The zero-order chi connectivity index (χ0) is 23.6. The average Bonchev–Trinajstić information content (AvgIpc) is 3.38. The minimum atomic E-state index is -2.08. The molecule has 6 aliphatic rings. The van der Waals surface area contributed by atoms with Gasteiger partial charge in [-0.05, 0) is 18.9 Å². The van der Waals surface area contributed by atoms with Crippen LogP contribution in [0, 0.1) is 5.92 Å². The zero-order valence-corrected chi connectivity index (χ0v) is 20.7. The Labute approximate surface area is 206 Å². The molecule has 1 saturated carbocycles. The van der Waals surface area contributed by atoms with Gasteiger partial charge in [0.2, 0.25) is 0 Å². The SMILES string of the molecule is CC1(F)Oc2ccc([N+]34CC3=C(N3CCN(CCN5CCOCC5)CC3)C=C4C3CCC3)cc2O1. The molecule has 0 aromatic heterocycles. The number of allylic oxidation sites excluding steroid dienone is 2. The first-order chi connectivity index (χ1) is 17.0. The molecule has 4 fully saturated rings. The van der Waals surface area contributed by atoms with Crippen molar-refractivity contribution >= 4 is 5.69 Å². The molecule has 35 heavy (non-hydrogen) atoms. The number of piperazine rings is 1. The summed E-state index contributed by atoms with van der Waals surface area (Å²) in [5.74, 6) is 1.66. The number of benzene rings is 1. The molecule has 0 amide bonds. The van der Waals surface area contributed by atoms with Crippen LogP contribution in [-0.4, -0.2) is 92.9 Å². The van der Waals surface area contributed by atoms with Crippen molar-refractivity contribution in [3.05, 3.63) is 41.4 Å². The lowest BCUT2D eigenvalue weighted by molar-refractivity contribution is -0.173. The maximum absolute atomic E-state index is 14.3. The first kappa shape index (κ1) is 22.1. The van der Waals surface area contributed by atoms with E-state index in [4.69, 9.17) is 14.2 Å². The van der Waals surface area contributed by atoms with Crippen LogP contribution in [0.3, 0.4) is 0 Å². The van der Waals surface area contributed by atoms with Crippen LogP contribution in [0.15, 0.2) is 41.4 Å². The summed E-state index contributed by atoms with van der Waals surface area (Å²) >= 11 is 0. The number of nitrogens with zero attached hydrogens (tertiary/aromatic N) is 4. The Morgan fingerprint density at radius 2 is 1.69 bits per heavy atom. The van der Waals surface area contributed by atoms with E-state index >= 15 is 0 Å². The molecule has 2 unspecified atom stereocenters. The third-order valence-corrected chi connectivity index (χ3v) is 8.79. The number of hydrogen-bond acceptors (Lipinski definition) is 6. The van der Waals surface area contributed by atoms with Crippen molar-refractivity contribution in [3.8, 4) is 11.5 Å². The number of hydrogen-bond donors (Lipinski definition) is 0. The van der Waals surface area contributed by atoms with Crippen LogP contribution >= 0.6 is 0 Å². The molecule has 3 saturated heterocycles. The summed E-state index contributed by atoms with van der Waals surface area (Å²) < 4.78 is 31.4. The summed E-state index contributed by atoms with van der Waals surface area (Å²) in [6, 6.07) is 3.91. The zero-order valence-electron chi connectivity index (χ0n) is 20.7. The molecule has 1 aliphatic carbocycles. The molecule has 7 nitrogen and oxygen atoms in total. The van der Waals surface area contributed by atoms with Crippen molar-refractivity contribution in [1.29, 1.82) is 0 Å². The molecular weight excluding hydrogens is 447 g/mol. The molecule has 0 radical (unpaired) electrons. The first-order valence-electron chi connectivity index (χ1n) is 13.3. The van der Waals surface area contributed by atoms with Crippen LogP contribution < -0.4 is 14.0 Å². The van der Waals surface area contributed by atoms with Gasteiger partial charge in [-0.2, -0.15) is 4.39 Å². The van der Waals surface area contributed by atoms with Gasteiger partial charge < -0.3 is 19.1 Å². The van der Waals surface area contributed by atoms with E-state index in [1.807, 2.05) is 12.1 Å². The molecule has 7 rings (SSSR count). The van der Waals surface area contributed by atoms with Gasteiger partial charge in [0.05, 0.1) is 13.2 Å². The number of fused-ring (bicyclic) bond motifs is 2. The molecule has 2 atom stereocenters.